The van der Waals surface area contributed by atoms with Crippen molar-refractivity contribution < 1.29 is 13.9 Å². The largest absolute Gasteiger partial charge is 0.497 e. The first kappa shape index (κ1) is 20.1. The number of ether oxygens (including phenoxy) is 2. The second-order valence-corrected chi connectivity index (χ2v) is 6.77. The summed E-state index contributed by atoms with van der Waals surface area (Å²) < 4.78 is 26.7. The zero-order valence-electron chi connectivity index (χ0n) is 16.5. The maximum Gasteiger partial charge on any atom is 0.128 e. The summed E-state index contributed by atoms with van der Waals surface area (Å²) in [5.41, 5.74) is 3.05. The van der Waals surface area contributed by atoms with Gasteiger partial charge in [-0.3, -0.25) is 4.90 Å². The number of hydrogen-bond donors (Lipinski definition) is 0. The van der Waals surface area contributed by atoms with Gasteiger partial charge in [-0.05, 0) is 35.9 Å². The molecule has 0 spiro atoms. The Kier molecular flexibility index (Phi) is 7.23. The van der Waals surface area contributed by atoms with Gasteiger partial charge in [0.25, 0.3) is 0 Å². The van der Waals surface area contributed by atoms with Crippen LogP contribution in [0.4, 0.5) is 4.39 Å². The fourth-order valence-corrected chi connectivity index (χ4v) is 3.21. The van der Waals surface area contributed by atoms with Crippen molar-refractivity contribution in [2.45, 2.75) is 19.6 Å². The van der Waals surface area contributed by atoms with Crippen molar-refractivity contribution >= 4 is 0 Å². The Hall–Kier alpha value is -2.63. The van der Waals surface area contributed by atoms with Crippen LogP contribution in [-0.2, 0) is 24.4 Å². The molecule has 0 aliphatic heterocycles. The third-order valence-electron chi connectivity index (χ3n) is 4.78. The second-order valence-electron chi connectivity index (χ2n) is 6.77. The molecule has 0 fully saturated rings. The number of aromatic nitrogens is 1. The van der Waals surface area contributed by atoms with Crippen molar-refractivity contribution in [3.63, 3.8) is 0 Å². The van der Waals surface area contributed by atoms with Crippen LogP contribution < -0.4 is 4.74 Å². The average Bonchev–Trinajstić information content (AvgIpc) is 3.15. The summed E-state index contributed by atoms with van der Waals surface area (Å²) in [6.45, 7) is 3.56. The molecule has 5 heteroatoms. The first-order chi connectivity index (χ1) is 13.7. The lowest BCUT2D eigenvalue weighted by atomic mass is 10.2. The predicted octanol–water partition coefficient (Wildman–Crippen LogP) is 4.33. The van der Waals surface area contributed by atoms with Crippen LogP contribution in [0.2, 0.25) is 0 Å². The van der Waals surface area contributed by atoms with Gasteiger partial charge in [-0.25, -0.2) is 4.39 Å². The average molecular weight is 382 g/mol. The molecular weight excluding hydrogens is 355 g/mol. The summed E-state index contributed by atoms with van der Waals surface area (Å²) >= 11 is 0. The summed E-state index contributed by atoms with van der Waals surface area (Å²) in [4.78, 5) is 2.33. The van der Waals surface area contributed by atoms with Gasteiger partial charge in [0.1, 0.15) is 11.6 Å². The molecule has 28 heavy (non-hydrogen) atoms. The van der Waals surface area contributed by atoms with Gasteiger partial charge in [-0.1, -0.05) is 30.3 Å². The molecule has 0 N–H and O–H groups in total. The Morgan fingerprint density at radius 1 is 0.929 bits per heavy atom. The van der Waals surface area contributed by atoms with Crippen molar-refractivity contribution in [1.82, 2.24) is 9.47 Å². The van der Waals surface area contributed by atoms with Crippen molar-refractivity contribution in [1.29, 1.82) is 0 Å². The molecule has 0 amide bonds. The highest BCUT2D eigenvalue weighted by atomic mass is 19.1. The van der Waals surface area contributed by atoms with Crippen LogP contribution >= 0.6 is 0 Å². The molecule has 0 radical (unpaired) electrons. The normalized spacial score (nSPS) is 11.1. The van der Waals surface area contributed by atoms with Crippen LogP contribution in [0.3, 0.4) is 0 Å². The molecular formula is C23H27FN2O2. The van der Waals surface area contributed by atoms with Gasteiger partial charge in [-0.15, -0.1) is 0 Å². The Balaban J connectivity index is 1.72. The molecule has 0 atom stereocenters. The third-order valence-corrected chi connectivity index (χ3v) is 4.78. The van der Waals surface area contributed by atoms with Gasteiger partial charge < -0.3 is 14.0 Å². The van der Waals surface area contributed by atoms with E-state index in [1.807, 2.05) is 36.5 Å². The maximum absolute atomic E-state index is 14.0. The van der Waals surface area contributed by atoms with E-state index in [0.29, 0.717) is 18.7 Å². The van der Waals surface area contributed by atoms with Gasteiger partial charge in [0.15, 0.2) is 0 Å². The van der Waals surface area contributed by atoms with E-state index in [2.05, 4.69) is 27.7 Å². The van der Waals surface area contributed by atoms with E-state index in [4.69, 9.17) is 9.47 Å². The van der Waals surface area contributed by atoms with Crippen LogP contribution in [-0.4, -0.2) is 36.8 Å². The zero-order chi connectivity index (χ0) is 19.8. The second kappa shape index (κ2) is 10.1. The quantitative estimate of drug-likeness (QED) is 0.522. The minimum absolute atomic E-state index is 0.170. The topological polar surface area (TPSA) is 26.6 Å². The van der Waals surface area contributed by atoms with Crippen molar-refractivity contribution in [3.8, 4) is 5.75 Å². The molecule has 2 aromatic carbocycles. The predicted molar refractivity (Wildman–Crippen MR) is 109 cm³/mol. The Labute approximate surface area is 166 Å². The van der Waals surface area contributed by atoms with Gasteiger partial charge in [-0.2, -0.15) is 0 Å². The van der Waals surface area contributed by atoms with Crippen LogP contribution in [0.25, 0.3) is 0 Å². The maximum atomic E-state index is 14.0. The number of nitrogens with zero attached hydrogens (tertiary/aromatic N) is 2. The summed E-state index contributed by atoms with van der Waals surface area (Å²) in [6.07, 6.45) is 2.00. The Morgan fingerprint density at radius 2 is 1.71 bits per heavy atom. The SMILES string of the molecule is COCCN(Cc1ccc(OC)cc1)Cc1cccn1Cc1ccccc1F. The minimum Gasteiger partial charge on any atom is -0.497 e. The molecule has 0 aliphatic rings. The van der Waals surface area contributed by atoms with Crippen LogP contribution in [0, 0.1) is 5.82 Å². The molecule has 1 aromatic heterocycles. The fraction of sp³-hybridized carbons (Fsp3) is 0.304. The number of methoxy groups -OCH3 is 2. The van der Waals surface area contributed by atoms with Crippen molar-refractivity contribution in [2.75, 3.05) is 27.4 Å². The minimum atomic E-state index is -0.170. The molecule has 0 saturated carbocycles. The molecule has 0 saturated heterocycles. The molecule has 3 aromatic rings. The van der Waals surface area contributed by atoms with Crippen LogP contribution in [0.5, 0.6) is 5.75 Å². The monoisotopic (exact) mass is 382 g/mol. The summed E-state index contributed by atoms with van der Waals surface area (Å²) in [5.74, 6) is 0.683. The molecule has 1 heterocycles. The fourth-order valence-electron chi connectivity index (χ4n) is 3.21. The summed E-state index contributed by atoms with van der Waals surface area (Å²) in [5, 5.41) is 0. The Bertz CT molecular complexity index is 861. The standard InChI is InChI=1S/C23H27FN2O2/c1-27-15-14-25(16-19-9-11-22(28-2)12-10-19)18-21-7-5-13-26(21)17-20-6-3-4-8-23(20)24/h3-13H,14-18H2,1-2H3. The lowest BCUT2D eigenvalue weighted by molar-refractivity contribution is 0.138. The molecule has 0 aliphatic carbocycles. The lowest BCUT2D eigenvalue weighted by Gasteiger charge is -2.23. The van der Waals surface area contributed by atoms with Crippen molar-refractivity contribution in [2.24, 2.45) is 0 Å². The van der Waals surface area contributed by atoms with E-state index >= 15 is 0 Å². The molecule has 3 rings (SSSR count). The van der Waals surface area contributed by atoms with Gasteiger partial charge in [0.2, 0.25) is 0 Å². The highest BCUT2D eigenvalue weighted by Crippen LogP contribution is 2.16. The molecule has 148 valence electrons. The van der Waals surface area contributed by atoms with Crippen LogP contribution in [0.15, 0.2) is 66.9 Å². The Morgan fingerprint density at radius 3 is 2.43 bits per heavy atom. The van der Waals surface area contributed by atoms with E-state index in [9.17, 15) is 4.39 Å². The summed E-state index contributed by atoms with van der Waals surface area (Å²) in [7, 11) is 3.38. The first-order valence-corrected chi connectivity index (χ1v) is 9.41. The van der Waals surface area contributed by atoms with E-state index in [1.165, 1.54) is 11.6 Å². The summed E-state index contributed by atoms with van der Waals surface area (Å²) in [6, 6.07) is 19.1. The van der Waals surface area contributed by atoms with Crippen LogP contribution in [0.1, 0.15) is 16.8 Å². The highest BCUT2D eigenvalue weighted by molar-refractivity contribution is 5.27. The third kappa shape index (κ3) is 5.44. The number of benzene rings is 2. The number of halogens is 1. The number of hydrogen-bond acceptors (Lipinski definition) is 3. The lowest BCUT2D eigenvalue weighted by Crippen LogP contribution is -2.27. The zero-order valence-corrected chi connectivity index (χ0v) is 16.5. The van der Waals surface area contributed by atoms with Gasteiger partial charge in [0.05, 0.1) is 20.3 Å². The highest BCUT2D eigenvalue weighted by Gasteiger charge is 2.11. The smallest absolute Gasteiger partial charge is 0.128 e. The van der Waals surface area contributed by atoms with E-state index in [-0.39, 0.29) is 5.82 Å². The van der Waals surface area contributed by atoms with Crippen molar-refractivity contribution in [3.05, 3.63) is 89.5 Å². The molecule has 0 unspecified atom stereocenters. The number of rotatable bonds is 10. The van der Waals surface area contributed by atoms with E-state index < -0.39 is 0 Å². The van der Waals surface area contributed by atoms with E-state index in [0.717, 1.165) is 31.1 Å². The van der Waals surface area contributed by atoms with E-state index in [1.54, 1.807) is 20.3 Å². The first-order valence-electron chi connectivity index (χ1n) is 9.41. The molecule has 0 bridgehead atoms. The van der Waals surface area contributed by atoms with Gasteiger partial charge in [0, 0.05) is 44.2 Å². The van der Waals surface area contributed by atoms with Gasteiger partial charge >= 0.3 is 0 Å². The molecule has 4 nitrogen and oxygen atoms in total.